The maximum atomic E-state index is 6.34. The quantitative estimate of drug-likeness (QED) is 0.427. The lowest BCUT2D eigenvalue weighted by atomic mass is 9.98. The van der Waals surface area contributed by atoms with Crippen molar-refractivity contribution in [2.75, 3.05) is 23.3 Å². The van der Waals surface area contributed by atoms with Crippen molar-refractivity contribution < 1.29 is 0 Å². The molecule has 1 N–H and O–H groups in total. The first kappa shape index (κ1) is 23.4. The molecule has 0 saturated heterocycles. The van der Waals surface area contributed by atoms with Crippen molar-refractivity contribution in [3.8, 4) is 0 Å². The summed E-state index contributed by atoms with van der Waals surface area (Å²) in [5.74, 6) is 0. The van der Waals surface area contributed by atoms with Gasteiger partial charge < -0.3 is 15.1 Å². The van der Waals surface area contributed by atoms with Crippen LogP contribution < -0.4 is 10.2 Å². The summed E-state index contributed by atoms with van der Waals surface area (Å²) < 4.78 is 0. The summed E-state index contributed by atoms with van der Waals surface area (Å²) in [5.41, 5.74) is 6.35. The van der Waals surface area contributed by atoms with Gasteiger partial charge in [-0.15, -0.1) is 0 Å². The largest absolute Gasteiger partial charge is 0.371 e. The Labute approximate surface area is 204 Å². The smallest absolute Gasteiger partial charge is 0.173 e. The minimum Gasteiger partial charge on any atom is -0.371 e. The second-order valence-corrected chi connectivity index (χ2v) is 10.2. The topological polar surface area (TPSA) is 18.5 Å². The minimum atomic E-state index is 0.507. The van der Waals surface area contributed by atoms with E-state index in [0.29, 0.717) is 6.04 Å². The molecular weight excluding hydrogens is 434 g/mol. The molecule has 0 amide bonds. The fourth-order valence-corrected chi connectivity index (χ4v) is 5.57. The first-order valence-corrected chi connectivity index (χ1v) is 13.0. The molecule has 1 aliphatic heterocycles. The number of rotatable bonds is 7. The fourth-order valence-electron chi connectivity index (χ4n) is 5.05. The summed E-state index contributed by atoms with van der Waals surface area (Å²) >= 11 is 12.3. The zero-order chi connectivity index (χ0) is 22.5. The van der Waals surface area contributed by atoms with Gasteiger partial charge in [-0.3, -0.25) is 0 Å². The number of unbranched alkanes of at least 4 members (excludes halogenated alkanes) is 1. The molecule has 1 heterocycles. The van der Waals surface area contributed by atoms with Crippen LogP contribution in [-0.2, 0) is 13.0 Å². The van der Waals surface area contributed by atoms with Crippen molar-refractivity contribution in [3.63, 3.8) is 0 Å². The number of hydrogen-bond acceptors (Lipinski definition) is 2. The van der Waals surface area contributed by atoms with Crippen LogP contribution in [0.25, 0.3) is 0 Å². The van der Waals surface area contributed by atoms with Crippen LogP contribution in [0.3, 0.4) is 0 Å². The molecule has 0 unspecified atom stereocenters. The number of nitrogens with zero attached hydrogens (tertiary/aromatic N) is 2. The predicted octanol–water partition coefficient (Wildman–Crippen LogP) is 7.34. The summed E-state index contributed by atoms with van der Waals surface area (Å²) in [7, 11) is 0. The lowest BCUT2D eigenvalue weighted by molar-refractivity contribution is 0.312. The number of thiocarbonyl (C=S) groups is 1. The molecule has 172 valence electrons. The molecule has 2 aromatic rings. The molecule has 0 bridgehead atoms. The third-order valence-electron chi connectivity index (χ3n) is 6.94. The van der Waals surface area contributed by atoms with Crippen molar-refractivity contribution >= 4 is 40.3 Å². The van der Waals surface area contributed by atoms with Crippen LogP contribution in [0.15, 0.2) is 36.4 Å². The van der Waals surface area contributed by atoms with E-state index in [4.69, 9.17) is 23.8 Å². The van der Waals surface area contributed by atoms with E-state index < -0.39 is 0 Å². The van der Waals surface area contributed by atoms with E-state index in [9.17, 15) is 0 Å². The number of benzene rings is 2. The van der Waals surface area contributed by atoms with E-state index in [1.807, 2.05) is 19.1 Å². The van der Waals surface area contributed by atoms with E-state index in [1.165, 1.54) is 81.3 Å². The van der Waals surface area contributed by atoms with Gasteiger partial charge in [-0.1, -0.05) is 56.0 Å². The SMILES string of the molecule is CCCCN1CCCc2cc(CN(C(=S)Nc3ccc(C)c(Cl)c3)C3CCCC3)ccc21. The van der Waals surface area contributed by atoms with Crippen LogP contribution in [0.4, 0.5) is 11.4 Å². The Morgan fingerprint density at radius 1 is 1.16 bits per heavy atom. The van der Waals surface area contributed by atoms with Gasteiger partial charge in [-0.25, -0.2) is 0 Å². The van der Waals surface area contributed by atoms with Crippen molar-refractivity contribution in [2.45, 2.75) is 77.8 Å². The number of aryl methyl sites for hydroxylation is 2. The van der Waals surface area contributed by atoms with Crippen LogP contribution in [0.1, 0.15) is 68.6 Å². The Morgan fingerprint density at radius 3 is 2.72 bits per heavy atom. The first-order chi connectivity index (χ1) is 15.5. The molecule has 0 atom stereocenters. The highest BCUT2D eigenvalue weighted by Gasteiger charge is 2.26. The molecule has 2 aromatic carbocycles. The van der Waals surface area contributed by atoms with Gasteiger partial charge in [0.2, 0.25) is 0 Å². The average molecular weight is 470 g/mol. The van der Waals surface area contributed by atoms with Gasteiger partial charge in [-0.05, 0) is 86.1 Å². The second kappa shape index (κ2) is 10.9. The van der Waals surface area contributed by atoms with Crippen LogP contribution >= 0.6 is 23.8 Å². The normalized spacial score (nSPS) is 16.2. The maximum absolute atomic E-state index is 6.34. The number of hydrogen-bond donors (Lipinski definition) is 1. The van der Waals surface area contributed by atoms with Crippen LogP contribution in [-0.4, -0.2) is 29.1 Å². The third kappa shape index (κ3) is 5.58. The van der Waals surface area contributed by atoms with Gasteiger partial charge in [-0.2, -0.15) is 0 Å². The van der Waals surface area contributed by atoms with E-state index in [2.05, 4.69) is 46.3 Å². The molecule has 4 rings (SSSR count). The molecule has 5 heteroatoms. The Kier molecular flexibility index (Phi) is 7.96. The molecule has 0 spiro atoms. The molecule has 1 aliphatic carbocycles. The third-order valence-corrected chi connectivity index (χ3v) is 7.69. The Morgan fingerprint density at radius 2 is 1.97 bits per heavy atom. The van der Waals surface area contributed by atoms with Crippen molar-refractivity contribution in [1.82, 2.24) is 4.90 Å². The Balaban J connectivity index is 1.51. The average Bonchev–Trinajstić information content (AvgIpc) is 3.32. The monoisotopic (exact) mass is 469 g/mol. The van der Waals surface area contributed by atoms with Crippen molar-refractivity contribution in [2.24, 2.45) is 0 Å². The zero-order valence-electron chi connectivity index (χ0n) is 19.5. The van der Waals surface area contributed by atoms with Crippen LogP contribution in [0.5, 0.6) is 0 Å². The molecule has 1 saturated carbocycles. The minimum absolute atomic E-state index is 0.507. The number of fused-ring (bicyclic) bond motifs is 1. The predicted molar refractivity (Wildman–Crippen MR) is 142 cm³/mol. The molecule has 2 aliphatic rings. The Hall–Kier alpha value is -1.78. The van der Waals surface area contributed by atoms with E-state index >= 15 is 0 Å². The number of nitrogens with one attached hydrogen (secondary N) is 1. The zero-order valence-corrected chi connectivity index (χ0v) is 21.1. The van der Waals surface area contributed by atoms with Crippen LogP contribution in [0, 0.1) is 6.92 Å². The highest BCUT2D eigenvalue weighted by Crippen LogP contribution is 2.31. The van der Waals surface area contributed by atoms with Gasteiger partial charge in [0.05, 0.1) is 0 Å². The molecular formula is C27H36ClN3S. The van der Waals surface area contributed by atoms with Crippen molar-refractivity contribution in [1.29, 1.82) is 0 Å². The summed E-state index contributed by atoms with van der Waals surface area (Å²) in [6.45, 7) is 7.51. The molecule has 32 heavy (non-hydrogen) atoms. The molecule has 3 nitrogen and oxygen atoms in total. The van der Waals surface area contributed by atoms with E-state index in [-0.39, 0.29) is 0 Å². The fraction of sp³-hybridized carbons (Fsp3) is 0.519. The lowest BCUT2D eigenvalue weighted by Crippen LogP contribution is -2.41. The summed E-state index contributed by atoms with van der Waals surface area (Å²) in [6.07, 6.45) is 9.95. The highest BCUT2D eigenvalue weighted by atomic mass is 35.5. The van der Waals surface area contributed by atoms with Gasteiger partial charge in [0.1, 0.15) is 0 Å². The second-order valence-electron chi connectivity index (χ2n) is 9.37. The Bertz CT molecular complexity index is 938. The maximum Gasteiger partial charge on any atom is 0.173 e. The lowest BCUT2D eigenvalue weighted by Gasteiger charge is -2.34. The summed E-state index contributed by atoms with van der Waals surface area (Å²) in [4.78, 5) is 4.99. The highest BCUT2D eigenvalue weighted by molar-refractivity contribution is 7.80. The van der Waals surface area contributed by atoms with Gasteiger partial charge >= 0.3 is 0 Å². The first-order valence-electron chi connectivity index (χ1n) is 12.3. The summed E-state index contributed by atoms with van der Waals surface area (Å²) in [5, 5.41) is 5.04. The van der Waals surface area contributed by atoms with Crippen LogP contribution in [0.2, 0.25) is 5.02 Å². The molecule has 0 radical (unpaired) electrons. The molecule has 1 fully saturated rings. The number of halogens is 1. The van der Waals surface area contributed by atoms with Gasteiger partial charge in [0.25, 0.3) is 0 Å². The molecule has 0 aromatic heterocycles. The standard InChI is InChI=1S/C27H36ClN3S/c1-3-4-15-30-16-7-8-22-17-21(12-14-26(22)30)19-31(24-9-5-6-10-24)27(32)29-23-13-11-20(2)25(28)18-23/h11-14,17-18,24H,3-10,15-16,19H2,1-2H3,(H,29,32). The van der Waals surface area contributed by atoms with Gasteiger partial charge in [0.15, 0.2) is 5.11 Å². The van der Waals surface area contributed by atoms with E-state index in [1.54, 1.807) is 0 Å². The van der Waals surface area contributed by atoms with E-state index in [0.717, 1.165) is 27.9 Å². The van der Waals surface area contributed by atoms with Gasteiger partial charge in [0, 0.05) is 42.1 Å². The van der Waals surface area contributed by atoms with Crippen molar-refractivity contribution in [3.05, 3.63) is 58.1 Å². The number of anilines is 2. The summed E-state index contributed by atoms with van der Waals surface area (Å²) in [6, 6.07) is 13.7.